The fourth-order valence-electron chi connectivity index (χ4n) is 1.88. The number of carboxylic acid groups (broad SMARTS) is 1. The standard InChI is InChI=1S/C13H14N2O3S/c1-7-5-8(3-4-9(7)18-2)12-10(6-11(16)17)19-13(14)15-12/h3-5H,6H2,1-2H3,(H2,14,15)(H,16,17). The van der Waals surface area contributed by atoms with Crippen molar-refractivity contribution in [3.05, 3.63) is 28.6 Å². The molecule has 0 aliphatic heterocycles. The number of aliphatic carboxylic acids is 1. The van der Waals surface area contributed by atoms with Crippen molar-refractivity contribution in [2.75, 3.05) is 12.8 Å². The highest BCUT2D eigenvalue weighted by Gasteiger charge is 2.15. The van der Waals surface area contributed by atoms with E-state index in [1.165, 1.54) is 11.3 Å². The minimum atomic E-state index is -0.893. The number of hydrogen-bond acceptors (Lipinski definition) is 5. The Hall–Kier alpha value is -2.08. The van der Waals surface area contributed by atoms with E-state index in [-0.39, 0.29) is 6.42 Å². The zero-order valence-electron chi connectivity index (χ0n) is 10.6. The smallest absolute Gasteiger partial charge is 0.308 e. The SMILES string of the molecule is COc1ccc(-c2nc(N)sc2CC(=O)O)cc1C. The maximum atomic E-state index is 10.8. The number of thiazole rings is 1. The van der Waals surface area contributed by atoms with Crippen LogP contribution in [0.2, 0.25) is 0 Å². The van der Waals surface area contributed by atoms with Crippen molar-refractivity contribution in [3.8, 4) is 17.0 Å². The molecule has 0 atom stereocenters. The molecule has 2 rings (SSSR count). The summed E-state index contributed by atoms with van der Waals surface area (Å²) in [6.45, 7) is 1.93. The highest BCUT2D eigenvalue weighted by atomic mass is 32.1. The highest BCUT2D eigenvalue weighted by Crippen LogP contribution is 2.32. The second kappa shape index (κ2) is 5.27. The van der Waals surface area contributed by atoms with Gasteiger partial charge >= 0.3 is 5.97 Å². The first-order valence-corrected chi connectivity index (χ1v) is 6.45. The number of benzene rings is 1. The lowest BCUT2D eigenvalue weighted by atomic mass is 10.1. The lowest BCUT2D eigenvalue weighted by molar-refractivity contribution is -0.136. The molecular weight excluding hydrogens is 264 g/mol. The molecule has 5 nitrogen and oxygen atoms in total. The number of rotatable bonds is 4. The predicted molar refractivity (Wildman–Crippen MR) is 74.6 cm³/mol. The largest absolute Gasteiger partial charge is 0.496 e. The molecule has 100 valence electrons. The summed E-state index contributed by atoms with van der Waals surface area (Å²) >= 11 is 1.21. The van der Waals surface area contributed by atoms with Gasteiger partial charge in [0.15, 0.2) is 5.13 Å². The Morgan fingerprint density at radius 3 is 2.84 bits per heavy atom. The molecule has 0 saturated carbocycles. The van der Waals surface area contributed by atoms with Gasteiger partial charge in [-0.05, 0) is 30.7 Å². The first-order valence-electron chi connectivity index (χ1n) is 5.63. The quantitative estimate of drug-likeness (QED) is 0.896. The third-order valence-electron chi connectivity index (χ3n) is 2.69. The van der Waals surface area contributed by atoms with Crippen LogP contribution in [0.4, 0.5) is 5.13 Å². The van der Waals surface area contributed by atoms with E-state index in [0.717, 1.165) is 16.9 Å². The molecule has 0 aliphatic rings. The molecule has 19 heavy (non-hydrogen) atoms. The molecule has 0 amide bonds. The Labute approximate surface area is 114 Å². The highest BCUT2D eigenvalue weighted by molar-refractivity contribution is 7.15. The average molecular weight is 278 g/mol. The molecule has 0 spiro atoms. The predicted octanol–water partition coefficient (Wildman–Crippen LogP) is 2.34. The molecule has 0 radical (unpaired) electrons. The second-order valence-electron chi connectivity index (χ2n) is 4.08. The summed E-state index contributed by atoms with van der Waals surface area (Å²) in [4.78, 5) is 15.7. The summed E-state index contributed by atoms with van der Waals surface area (Å²) in [6, 6.07) is 5.61. The first-order chi connectivity index (χ1) is 9.01. The second-order valence-corrected chi connectivity index (χ2v) is 5.19. The van der Waals surface area contributed by atoms with Crippen LogP contribution < -0.4 is 10.5 Å². The van der Waals surface area contributed by atoms with Crippen molar-refractivity contribution in [1.29, 1.82) is 0 Å². The van der Waals surface area contributed by atoms with Crippen LogP contribution in [-0.4, -0.2) is 23.2 Å². The van der Waals surface area contributed by atoms with Crippen LogP contribution in [0.3, 0.4) is 0 Å². The minimum Gasteiger partial charge on any atom is -0.496 e. The third kappa shape index (κ3) is 2.85. The van der Waals surface area contributed by atoms with E-state index in [4.69, 9.17) is 15.6 Å². The van der Waals surface area contributed by atoms with Gasteiger partial charge in [-0.3, -0.25) is 4.79 Å². The van der Waals surface area contributed by atoms with Crippen molar-refractivity contribution in [3.63, 3.8) is 0 Å². The molecule has 6 heteroatoms. The van der Waals surface area contributed by atoms with Crippen LogP contribution >= 0.6 is 11.3 Å². The van der Waals surface area contributed by atoms with Gasteiger partial charge in [-0.15, -0.1) is 11.3 Å². The summed E-state index contributed by atoms with van der Waals surface area (Å²) < 4.78 is 5.20. The van der Waals surface area contributed by atoms with E-state index in [2.05, 4.69) is 4.98 Å². The Bertz CT molecular complexity index is 622. The Kier molecular flexibility index (Phi) is 3.71. The van der Waals surface area contributed by atoms with Gasteiger partial charge < -0.3 is 15.6 Å². The van der Waals surface area contributed by atoms with Crippen LogP contribution in [-0.2, 0) is 11.2 Å². The van der Waals surface area contributed by atoms with E-state index >= 15 is 0 Å². The number of hydrogen-bond donors (Lipinski definition) is 2. The molecular formula is C13H14N2O3S. The number of nitrogens with two attached hydrogens (primary N) is 1. The lowest BCUT2D eigenvalue weighted by Crippen LogP contribution is -1.99. The van der Waals surface area contributed by atoms with Crippen LogP contribution in [0.1, 0.15) is 10.4 Å². The number of methoxy groups -OCH3 is 1. The summed E-state index contributed by atoms with van der Waals surface area (Å²) in [5.74, 6) is -0.109. The van der Waals surface area contributed by atoms with E-state index < -0.39 is 5.97 Å². The normalized spacial score (nSPS) is 10.4. The molecule has 0 aliphatic carbocycles. The van der Waals surface area contributed by atoms with Crippen molar-refractivity contribution >= 4 is 22.4 Å². The summed E-state index contributed by atoms with van der Waals surface area (Å²) in [6.07, 6.45) is -0.0741. The Morgan fingerprint density at radius 1 is 1.53 bits per heavy atom. The van der Waals surface area contributed by atoms with E-state index in [1.807, 2.05) is 25.1 Å². The minimum absolute atomic E-state index is 0.0741. The third-order valence-corrected chi connectivity index (χ3v) is 3.58. The van der Waals surface area contributed by atoms with Gasteiger partial charge in [0.2, 0.25) is 0 Å². The number of aromatic nitrogens is 1. The molecule has 1 aromatic heterocycles. The van der Waals surface area contributed by atoms with Gasteiger partial charge in [0, 0.05) is 10.4 Å². The monoisotopic (exact) mass is 278 g/mol. The van der Waals surface area contributed by atoms with E-state index in [0.29, 0.717) is 15.7 Å². The molecule has 2 aromatic rings. The first kappa shape index (κ1) is 13.4. The number of ether oxygens (including phenoxy) is 1. The topological polar surface area (TPSA) is 85.4 Å². The molecule has 0 bridgehead atoms. The lowest BCUT2D eigenvalue weighted by Gasteiger charge is -2.06. The molecule has 0 unspecified atom stereocenters. The fraction of sp³-hybridized carbons (Fsp3) is 0.231. The molecule has 1 heterocycles. The van der Waals surface area contributed by atoms with E-state index in [9.17, 15) is 4.79 Å². The maximum Gasteiger partial charge on any atom is 0.308 e. The van der Waals surface area contributed by atoms with Gasteiger partial charge in [0.05, 0.1) is 19.2 Å². The van der Waals surface area contributed by atoms with Crippen LogP contribution in [0.15, 0.2) is 18.2 Å². The summed E-state index contributed by atoms with van der Waals surface area (Å²) in [7, 11) is 1.61. The van der Waals surface area contributed by atoms with Crippen LogP contribution in [0.5, 0.6) is 5.75 Å². The average Bonchev–Trinajstić information content (AvgIpc) is 2.69. The van der Waals surface area contributed by atoms with Crippen molar-refractivity contribution < 1.29 is 14.6 Å². The van der Waals surface area contributed by atoms with Gasteiger partial charge in [-0.1, -0.05) is 0 Å². The Morgan fingerprint density at radius 2 is 2.26 bits per heavy atom. The van der Waals surface area contributed by atoms with Gasteiger partial charge in [-0.2, -0.15) is 0 Å². The molecule has 1 aromatic carbocycles. The number of carboxylic acids is 1. The summed E-state index contributed by atoms with van der Waals surface area (Å²) in [5, 5.41) is 9.28. The number of nitrogens with zero attached hydrogens (tertiary/aromatic N) is 1. The fourth-order valence-corrected chi connectivity index (χ4v) is 2.72. The number of anilines is 1. The van der Waals surface area contributed by atoms with Crippen molar-refractivity contribution in [2.45, 2.75) is 13.3 Å². The van der Waals surface area contributed by atoms with Crippen LogP contribution in [0, 0.1) is 6.92 Å². The zero-order valence-corrected chi connectivity index (χ0v) is 11.5. The number of aryl methyl sites for hydroxylation is 1. The molecule has 0 saturated heterocycles. The summed E-state index contributed by atoms with van der Waals surface area (Å²) in [5.41, 5.74) is 8.13. The van der Waals surface area contributed by atoms with Crippen LogP contribution in [0.25, 0.3) is 11.3 Å². The molecule has 3 N–H and O–H groups in total. The molecule has 0 fully saturated rings. The van der Waals surface area contributed by atoms with Gasteiger partial charge in [0.1, 0.15) is 5.75 Å². The van der Waals surface area contributed by atoms with Crippen molar-refractivity contribution in [2.24, 2.45) is 0 Å². The zero-order chi connectivity index (χ0) is 14.0. The maximum absolute atomic E-state index is 10.8. The number of nitrogen functional groups attached to an aromatic ring is 1. The number of carbonyl (C=O) groups is 1. The van der Waals surface area contributed by atoms with E-state index in [1.54, 1.807) is 7.11 Å². The Balaban J connectivity index is 2.46. The van der Waals surface area contributed by atoms with Crippen molar-refractivity contribution in [1.82, 2.24) is 4.98 Å². The van der Waals surface area contributed by atoms with Gasteiger partial charge in [-0.25, -0.2) is 4.98 Å². The van der Waals surface area contributed by atoms with Gasteiger partial charge in [0.25, 0.3) is 0 Å².